The van der Waals surface area contributed by atoms with Gasteiger partial charge >= 0.3 is 0 Å². The van der Waals surface area contributed by atoms with Crippen LogP contribution in [0.1, 0.15) is 26.2 Å². The lowest BCUT2D eigenvalue weighted by molar-refractivity contribution is -0.115. The highest BCUT2D eigenvalue weighted by molar-refractivity contribution is 6.00. The summed E-state index contributed by atoms with van der Waals surface area (Å²) in [6.07, 6.45) is 5.55. The van der Waals surface area contributed by atoms with Gasteiger partial charge in [0.05, 0.1) is 5.57 Å². The Bertz CT molecular complexity index is 337. The van der Waals surface area contributed by atoms with Gasteiger partial charge in [0.15, 0.2) is 5.78 Å². The zero-order valence-corrected chi connectivity index (χ0v) is 8.34. The third-order valence-electron chi connectivity index (χ3n) is 2.10. The van der Waals surface area contributed by atoms with Crippen LogP contribution in [0.15, 0.2) is 24.3 Å². The second-order valence-corrected chi connectivity index (χ2v) is 3.53. The zero-order valence-electron chi connectivity index (χ0n) is 8.34. The first-order valence-corrected chi connectivity index (χ1v) is 4.68. The average molecular weight is 190 g/mol. The molecule has 0 radical (unpaired) electrons. The molecule has 0 aromatic rings. The van der Waals surface area contributed by atoms with E-state index >= 15 is 0 Å². The van der Waals surface area contributed by atoms with E-state index in [2.05, 4.69) is 18.4 Å². The van der Waals surface area contributed by atoms with Crippen molar-refractivity contribution in [1.82, 2.24) is 0 Å². The fourth-order valence-electron chi connectivity index (χ4n) is 1.12. The van der Waals surface area contributed by atoms with Gasteiger partial charge in [0.2, 0.25) is 0 Å². The summed E-state index contributed by atoms with van der Waals surface area (Å²) in [5.74, 6) is 5.38. The second-order valence-electron chi connectivity index (χ2n) is 3.53. The number of Topliss-reactive ketones (excluding diaryl/α,β-unsaturated/α-hetero) is 1. The molecule has 0 fully saturated rings. The summed E-state index contributed by atoms with van der Waals surface area (Å²) in [7, 11) is 0. The van der Waals surface area contributed by atoms with Gasteiger partial charge in [-0.15, -0.1) is 0 Å². The molecular weight excluding hydrogens is 176 g/mol. The first kappa shape index (κ1) is 10.7. The fourth-order valence-corrected chi connectivity index (χ4v) is 1.12. The molecule has 0 aliphatic heterocycles. The number of carbonyl (C=O) groups is 1. The number of hydrogen-bond acceptors (Lipinski definition) is 2. The van der Waals surface area contributed by atoms with Crippen molar-refractivity contribution in [3.63, 3.8) is 0 Å². The molecule has 1 rings (SSSR count). The Balaban J connectivity index is 2.81. The van der Waals surface area contributed by atoms with Gasteiger partial charge in [-0.05, 0) is 25.8 Å². The van der Waals surface area contributed by atoms with Crippen molar-refractivity contribution in [3.05, 3.63) is 24.3 Å². The van der Waals surface area contributed by atoms with Gasteiger partial charge in [-0.1, -0.05) is 24.5 Å². The van der Waals surface area contributed by atoms with Crippen molar-refractivity contribution in [2.45, 2.75) is 31.8 Å². The van der Waals surface area contributed by atoms with E-state index in [0.717, 1.165) is 12.8 Å². The van der Waals surface area contributed by atoms with Crippen molar-refractivity contribution in [2.24, 2.45) is 0 Å². The summed E-state index contributed by atoms with van der Waals surface area (Å²) in [6.45, 7) is 5.00. The lowest BCUT2D eigenvalue weighted by Crippen LogP contribution is -2.17. The molecule has 1 aliphatic rings. The fraction of sp³-hybridized carbons (Fsp3) is 0.417. The maximum Gasteiger partial charge on any atom is 0.170 e. The molecule has 0 amide bonds. The summed E-state index contributed by atoms with van der Waals surface area (Å²) >= 11 is 0. The molecule has 0 heterocycles. The van der Waals surface area contributed by atoms with Gasteiger partial charge in [-0.2, -0.15) is 0 Å². The molecule has 2 nitrogen and oxygen atoms in total. The van der Waals surface area contributed by atoms with Crippen molar-refractivity contribution < 1.29 is 9.90 Å². The van der Waals surface area contributed by atoms with Gasteiger partial charge in [0, 0.05) is 6.42 Å². The number of rotatable bonds is 1. The average Bonchev–Trinajstić information content (AvgIpc) is 2.17. The van der Waals surface area contributed by atoms with E-state index in [9.17, 15) is 9.90 Å². The molecule has 14 heavy (non-hydrogen) atoms. The van der Waals surface area contributed by atoms with E-state index in [1.165, 1.54) is 6.08 Å². The lowest BCUT2D eigenvalue weighted by Gasteiger charge is -2.09. The molecular formula is C12H14O2. The Kier molecular flexibility index (Phi) is 3.27. The minimum Gasteiger partial charge on any atom is -0.374 e. The standard InChI is InChI=1S/C12H14O2/c1-3-12(2,14)9-8-10-6-4-5-7-11(10)13/h3,6,14H,1,4-5,7H2,2H3. The lowest BCUT2D eigenvalue weighted by atomic mass is 9.97. The molecule has 1 atom stereocenters. The first-order valence-electron chi connectivity index (χ1n) is 4.68. The molecule has 74 valence electrons. The Labute approximate surface area is 84.3 Å². The van der Waals surface area contributed by atoms with Gasteiger partial charge < -0.3 is 5.11 Å². The monoisotopic (exact) mass is 190 g/mol. The topological polar surface area (TPSA) is 37.3 Å². The number of hydrogen-bond donors (Lipinski definition) is 1. The summed E-state index contributed by atoms with van der Waals surface area (Å²) in [5.41, 5.74) is -0.683. The van der Waals surface area contributed by atoms with Crippen LogP contribution in [0.25, 0.3) is 0 Å². The minimum absolute atomic E-state index is 0.0728. The Hall–Kier alpha value is -1.33. The summed E-state index contributed by atoms with van der Waals surface area (Å²) in [5, 5.41) is 9.51. The second kappa shape index (κ2) is 4.26. The molecule has 0 saturated carbocycles. The summed E-state index contributed by atoms with van der Waals surface area (Å²) in [6, 6.07) is 0. The maximum absolute atomic E-state index is 11.3. The van der Waals surface area contributed by atoms with E-state index < -0.39 is 5.60 Å². The number of allylic oxidation sites excluding steroid dienone is 2. The van der Waals surface area contributed by atoms with Gasteiger partial charge in [-0.25, -0.2) is 0 Å². The van der Waals surface area contributed by atoms with Crippen LogP contribution in [0, 0.1) is 11.8 Å². The molecule has 1 aliphatic carbocycles. The van der Waals surface area contributed by atoms with Crippen molar-refractivity contribution >= 4 is 5.78 Å². The highest BCUT2D eigenvalue weighted by Crippen LogP contribution is 2.13. The quantitative estimate of drug-likeness (QED) is 0.504. The third kappa shape index (κ3) is 2.86. The van der Waals surface area contributed by atoms with Crippen LogP contribution in [-0.2, 0) is 4.79 Å². The van der Waals surface area contributed by atoms with Crippen molar-refractivity contribution in [2.75, 3.05) is 0 Å². The van der Waals surface area contributed by atoms with Gasteiger partial charge in [0.1, 0.15) is 5.60 Å². The summed E-state index contributed by atoms with van der Waals surface area (Å²) in [4.78, 5) is 11.3. The van der Waals surface area contributed by atoms with E-state index in [0.29, 0.717) is 12.0 Å². The van der Waals surface area contributed by atoms with Crippen LogP contribution in [0.5, 0.6) is 0 Å². The first-order chi connectivity index (χ1) is 6.55. The van der Waals surface area contributed by atoms with E-state index in [1.807, 2.05) is 6.08 Å². The summed E-state index contributed by atoms with van der Waals surface area (Å²) < 4.78 is 0. The normalized spacial score (nSPS) is 20.1. The third-order valence-corrected chi connectivity index (χ3v) is 2.10. The molecule has 0 aromatic heterocycles. The van der Waals surface area contributed by atoms with Crippen LogP contribution in [0.3, 0.4) is 0 Å². The minimum atomic E-state index is -1.21. The molecule has 1 N–H and O–H groups in total. The number of carbonyl (C=O) groups excluding carboxylic acids is 1. The predicted octanol–water partition coefficient (Wildman–Crippen LogP) is 1.61. The maximum atomic E-state index is 11.3. The molecule has 1 unspecified atom stereocenters. The van der Waals surface area contributed by atoms with Gasteiger partial charge in [0.25, 0.3) is 0 Å². The molecule has 0 saturated heterocycles. The Morgan fingerprint density at radius 1 is 1.71 bits per heavy atom. The van der Waals surface area contributed by atoms with Crippen LogP contribution in [0.4, 0.5) is 0 Å². The van der Waals surface area contributed by atoms with Crippen LogP contribution in [0.2, 0.25) is 0 Å². The Morgan fingerprint density at radius 3 is 3.00 bits per heavy atom. The van der Waals surface area contributed by atoms with Crippen LogP contribution < -0.4 is 0 Å². The van der Waals surface area contributed by atoms with E-state index in [4.69, 9.17) is 0 Å². The van der Waals surface area contributed by atoms with Crippen LogP contribution in [-0.4, -0.2) is 16.5 Å². The highest BCUT2D eigenvalue weighted by Gasteiger charge is 2.13. The highest BCUT2D eigenvalue weighted by atomic mass is 16.3. The molecule has 2 heteroatoms. The van der Waals surface area contributed by atoms with Crippen molar-refractivity contribution in [3.8, 4) is 11.8 Å². The molecule has 0 spiro atoms. The van der Waals surface area contributed by atoms with E-state index in [1.54, 1.807) is 6.92 Å². The largest absolute Gasteiger partial charge is 0.374 e. The van der Waals surface area contributed by atoms with Crippen molar-refractivity contribution in [1.29, 1.82) is 0 Å². The Morgan fingerprint density at radius 2 is 2.43 bits per heavy atom. The molecule has 0 bridgehead atoms. The van der Waals surface area contributed by atoms with Crippen LogP contribution >= 0.6 is 0 Å². The molecule has 0 aromatic carbocycles. The number of ketones is 1. The van der Waals surface area contributed by atoms with E-state index in [-0.39, 0.29) is 5.78 Å². The van der Waals surface area contributed by atoms with Gasteiger partial charge in [-0.3, -0.25) is 4.79 Å². The smallest absolute Gasteiger partial charge is 0.170 e. The SMILES string of the molecule is C=CC(C)(O)C#CC1=CCCCC1=O. The predicted molar refractivity (Wildman–Crippen MR) is 55.5 cm³/mol. The zero-order chi connectivity index (χ0) is 10.6. The number of aliphatic hydroxyl groups is 1.